The Bertz CT molecular complexity index is 370. The third kappa shape index (κ3) is 4.87. The molecule has 0 saturated heterocycles. The molecule has 0 bridgehead atoms. The van der Waals surface area contributed by atoms with Gasteiger partial charge in [0.25, 0.3) is 0 Å². The number of rotatable bonds is 6. The van der Waals surface area contributed by atoms with Crippen molar-refractivity contribution in [1.82, 2.24) is 5.32 Å². The number of thiophene rings is 1. The lowest BCUT2D eigenvalue weighted by atomic mass is 10.2. The molecule has 96 valence electrons. The van der Waals surface area contributed by atoms with Crippen LogP contribution in [-0.2, 0) is 4.79 Å². The Morgan fingerprint density at radius 3 is 2.88 bits per heavy atom. The molecule has 2 atom stereocenters. The quantitative estimate of drug-likeness (QED) is 0.847. The van der Waals surface area contributed by atoms with Crippen molar-refractivity contribution < 1.29 is 4.79 Å². The fraction of sp³-hybridized carbons (Fsp3) is 0.545. The maximum Gasteiger partial charge on any atom is 0.237 e. The number of hydrogen-bond acceptors (Lipinski definition) is 4. The molecule has 0 aliphatic rings. The van der Waals surface area contributed by atoms with Crippen molar-refractivity contribution in [2.45, 2.75) is 25.4 Å². The summed E-state index contributed by atoms with van der Waals surface area (Å²) in [5, 5.41) is 2.90. The Balaban J connectivity index is 2.45. The zero-order chi connectivity index (χ0) is 12.8. The maximum absolute atomic E-state index is 11.8. The molecule has 0 spiro atoms. The van der Waals surface area contributed by atoms with E-state index in [1.165, 1.54) is 11.3 Å². The van der Waals surface area contributed by atoms with Crippen LogP contribution in [0.15, 0.2) is 12.1 Å². The summed E-state index contributed by atoms with van der Waals surface area (Å²) < 4.78 is 0.729. The number of nitrogens with one attached hydrogen (secondary N) is 1. The number of thioether (sulfide) groups is 1. The van der Waals surface area contributed by atoms with Crippen molar-refractivity contribution in [3.63, 3.8) is 0 Å². The van der Waals surface area contributed by atoms with Crippen LogP contribution in [-0.4, -0.2) is 24.0 Å². The molecule has 1 unspecified atom stereocenters. The van der Waals surface area contributed by atoms with Crippen molar-refractivity contribution >= 4 is 40.6 Å². The highest BCUT2D eigenvalue weighted by Gasteiger charge is 2.17. The molecule has 0 aromatic carbocycles. The maximum atomic E-state index is 11.8. The minimum absolute atomic E-state index is 0.0414. The Labute approximate surface area is 115 Å². The van der Waals surface area contributed by atoms with Gasteiger partial charge in [-0.3, -0.25) is 4.79 Å². The van der Waals surface area contributed by atoms with E-state index in [2.05, 4.69) is 5.32 Å². The number of carbonyl (C=O) groups excluding carboxylic acids is 1. The van der Waals surface area contributed by atoms with Crippen molar-refractivity contribution in [3.05, 3.63) is 21.3 Å². The van der Waals surface area contributed by atoms with Crippen LogP contribution in [0.3, 0.4) is 0 Å². The summed E-state index contributed by atoms with van der Waals surface area (Å²) >= 11 is 9.01. The van der Waals surface area contributed by atoms with Gasteiger partial charge in [-0.15, -0.1) is 11.3 Å². The second-order valence-electron chi connectivity index (χ2n) is 3.76. The van der Waals surface area contributed by atoms with Crippen LogP contribution < -0.4 is 11.1 Å². The van der Waals surface area contributed by atoms with Crippen LogP contribution >= 0.6 is 34.7 Å². The van der Waals surface area contributed by atoms with Crippen LogP contribution in [0.4, 0.5) is 0 Å². The predicted molar refractivity (Wildman–Crippen MR) is 76.9 cm³/mol. The lowest BCUT2D eigenvalue weighted by Crippen LogP contribution is -2.41. The molecule has 17 heavy (non-hydrogen) atoms. The summed E-state index contributed by atoms with van der Waals surface area (Å²) in [6.45, 7) is 1.93. The fourth-order valence-electron chi connectivity index (χ4n) is 1.33. The first-order chi connectivity index (χ1) is 8.04. The summed E-state index contributed by atoms with van der Waals surface area (Å²) in [6, 6.07) is 3.28. The van der Waals surface area contributed by atoms with E-state index in [0.717, 1.165) is 15.0 Å². The van der Waals surface area contributed by atoms with E-state index in [4.69, 9.17) is 17.3 Å². The molecule has 0 radical (unpaired) electrons. The summed E-state index contributed by atoms with van der Waals surface area (Å²) in [6.07, 6.45) is 2.70. The van der Waals surface area contributed by atoms with E-state index < -0.39 is 6.04 Å². The molecule has 1 aromatic heterocycles. The topological polar surface area (TPSA) is 55.1 Å². The second kappa shape index (κ2) is 7.26. The van der Waals surface area contributed by atoms with Gasteiger partial charge < -0.3 is 11.1 Å². The highest BCUT2D eigenvalue weighted by molar-refractivity contribution is 7.98. The Morgan fingerprint density at radius 1 is 1.65 bits per heavy atom. The first-order valence-corrected chi connectivity index (χ1v) is 7.93. The average Bonchev–Trinajstić information content (AvgIpc) is 2.72. The van der Waals surface area contributed by atoms with Gasteiger partial charge in [-0.1, -0.05) is 11.6 Å². The summed E-state index contributed by atoms with van der Waals surface area (Å²) in [5.41, 5.74) is 5.79. The van der Waals surface area contributed by atoms with E-state index in [1.54, 1.807) is 11.8 Å². The summed E-state index contributed by atoms with van der Waals surface area (Å²) in [7, 11) is 0. The van der Waals surface area contributed by atoms with Gasteiger partial charge in [-0.05, 0) is 37.5 Å². The lowest BCUT2D eigenvalue weighted by molar-refractivity contribution is -0.123. The van der Waals surface area contributed by atoms with E-state index in [0.29, 0.717) is 6.42 Å². The Morgan fingerprint density at radius 2 is 2.35 bits per heavy atom. The number of amides is 1. The van der Waals surface area contributed by atoms with Crippen LogP contribution in [0.1, 0.15) is 24.3 Å². The molecular formula is C11H17ClN2OS2. The van der Waals surface area contributed by atoms with E-state index >= 15 is 0 Å². The largest absolute Gasteiger partial charge is 0.347 e. The molecule has 1 rings (SSSR count). The molecular weight excluding hydrogens is 276 g/mol. The minimum Gasteiger partial charge on any atom is -0.347 e. The molecule has 1 heterocycles. The standard InChI is InChI=1S/C11H17ClN2OS2/c1-7(9-3-4-10(12)17-9)14-11(15)8(13)5-6-16-2/h3-4,7-8H,5-6,13H2,1-2H3,(H,14,15)/t7?,8-/m1/s1. The van der Waals surface area contributed by atoms with Gasteiger partial charge in [0.05, 0.1) is 16.4 Å². The van der Waals surface area contributed by atoms with Gasteiger partial charge in [0.15, 0.2) is 0 Å². The zero-order valence-electron chi connectivity index (χ0n) is 9.90. The molecule has 1 aromatic rings. The molecule has 0 aliphatic carbocycles. The van der Waals surface area contributed by atoms with Crippen LogP contribution in [0.25, 0.3) is 0 Å². The SMILES string of the molecule is CSCC[C@@H](N)C(=O)NC(C)c1ccc(Cl)s1. The lowest BCUT2D eigenvalue weighted by Gasteiger charge is -2.16. The third-order valence-corrected chi connectivity index (χ3v) is 4.41. The van der Waals surface area contributed by atoms with Gasteiger partial charge >= 0.3 is 0 Å². The highest BCUT2D eigenvalue weighted by atomic mass is 35.5. The third-order valence-electron chi connectivity index (χ3n) is 2.35. The fourth-order valence-corrected chi connectivity index (χ4v) is 2.88. The van der Waals surface area contributed by atoms with Gasteiger partial charge in [0.2, 0.25) is 5.91 Å². The number of carbonyl (C=O) groups is 1. The van der Waals surface area contributed by atoms with E-state index in [9.17, 15) is 4.79 Å². The average molecular weight is 293 g/mol. The first-order valence-electron chi connectivity index (χ1n) is 5.34. The molecule has 3 nitrogen and oxygen atoms in total. The summed E-state index contributed by atoms with van der Waals surface area (Å²) in [4.78, 5) is 12.8. The number of nitrogens with two attached hydrogens (primary N) is 1. The monoisotopic (exact) mass is 292 g/mol. The zero-order valence-corrected chi connectivity index (χ0v) is 12.3. The van der Waals surface area contributed by atoms with Gasteiger partial charge in [0.1, 0.15) is 0 Å². The molecule has 0 aliphatic heterocycles. The van der Waals surface area contributed by atoms with Crippen molar-refractivity contribution in [1.29, 1.82) is 0 Å². The Kier molecular flexibility index (Phi) is 6.33. The number of halogens is 1. The molecule has 1 amide bonds. The van der Waals surface area contributed by atoms with Gasteiger partial charge in [-0.25, -0.2) is 0 Å². The predicted octanol–water partition coefficient (Wildman–Crippen LogP) is 2.66. The minimum atomic E-state index is -0.430. The molecule has 3 N–H and O–H groups in total. The Hall–Kier alpha value is -0.230. The molecule has 6 heteroatoms. The van der Waals surface area contributed by atoms with Crippen LogP contribution in [0, 0.1) is 0 Å². The van der Waals surface area contributed by atoms with Crippen molar-refractivity contribution in [2.75, 3.05) is 12.0 Å². The highest BCUT2D eigenvalue weighted by Crippen LogP contribution is 2.26. The van der Waals surface area contributed by atoms with Gasteiger partial charge in [-0.2, -0.15) is 11.8 Å². The smallest absolute Gasteiger partial charge is 0.237 e. The van der Waals surface area contributed by atoms with Crippen molar-refractivity contribution in [3.8, 4) is 0 Å². The first kappa shape index (κ1) is 14.8. The molecule has 0 fully saturated rings. The van der Waals surface area contributed by atoms with E-state index in [-0.39, 0.29) is 11.9 Å². The van der Waals surface area contributed by atoms with Crippen molar-refractivity contribution in [2.24, 2.45) is 5.73 Å². The van der Waals surface area contributed by atoms with Crippen LogP contribution in [0.5, 0.6) is 0 Å². The number of hydrogen-bond donors (Lipinski definition) is 2. The summed E-state index contributed by atoms with van der Waals surface area (Å²) in [5.74, 6) is 0.796. The molecule has 0 saturated carbocycles. The normalized spacial score (nSPS) is 14.4. The second-order valence-corrected chi connectivity index (χ2v) is 6.49. The van der Waals surface area contributed by atoms with Gasteiger partial charge in [0, 0.05) is 4.88 Å². The van der Waals surface area contributed by atoms with Crippen LogP contribution in [0.2, 0.25) is 4.34 Å². The van der Waals surface area contributed by atoms with E-state index in [1.807, 2.05) is 25.3 Å².